The smallest absolute Gasteiger partial charge is 0.338 e. The zero-order chi connectivity index (χ0) is 12.6. The Morgan fingerprint density at radius 1 is 1.29 bits per heavy atom. The number of carboxylic acids is 1. The number of benzene rings is 1. The molecular formula is C11H9F2NO3. The van der Waals surface area contributed by atoms with E-state index in [9.17, 15) is 18.4 Å². The standard InChI is InChI=1S/C11H9F2NO3/c12-7-5-8(13)9(4-6(7)11(16)17)14-3-1-2-10(14)15/h4-5H,1-3H2,(H,16,17). The summed E-state index contributed by atoms with van der Waals surface area (Å²) in [6, 6.07) is 1.35. The number of carbonyl (C=O) groups is 2. The highest BCUT2D eigenvalue weighted by Crippen LogP contribution is 2.27. The minimum atomic E-state index is -1.49. The SMILES string of the molecule is O=C(O)c1cc(N2CCCC2=O)c(F)cc1F. The molecular weight excluding hydrogens is 232 g/mol. The van der Waals surface area contributed by atoms with E-state index < -0.39 is 23.2 Å². The lowest BCUT2D eigenvalue weighted by Crippen LogP contribution is -2.25. The van der Waals surface area contributed by atoms with Gasteiger partial charge in [0.25, 0.3) is 0 Å². The second kappa shape index (κ2) is 4.12. The topological polar surface area (TPSA) is 57.6 Å². The largest absolute Gasteiger partial charge is 0.478 e. The van der Waals surface area contributed by atoms with Crippen molar-refractivity contribution in [3.05, 3.63) is 29.3 Å². The average Bonchev–Trinajstić information content (AvgIpc) is 2.64. The Morgan fingerprint density at radius 2 is 2.00 bits per heavy atom. The summed E-state index contributed by atoms with van der Waals surface area (Å²) in [6.07, 6.45) is 0.872. The molecule has 17 heavy (non-hydrogen) atoms. The van der Waals surface area contributed by atoms with Crippen LogP contribution in [0.2, 0.25) is 0 Å². The van der Waals surface area contributed by atoms with E-state index >= 15 is 0 Å². The summed E-state index contributed by atoms with van der Waals surface area (Å²) < 4.78 is 26.6. The van der Waals surface area contributed by atoms with Crippen LogP contribution in [0.3, 0.4) is 0 Å². The molecule has 0 aliphatic carbocycles. The second-order valence-electron chi connectivity index (χ2n) is 3.74. The van der Waals surface area contributed by atoms with E-state index in [4.69, 9.17) is 5.11 Å². The predicted octanol–water partition coefficient (Wildman–Crippen LogP) is 1.79. The highest BCUT2D eigenvalue weighted by Gasteiger charge is 2.26. The molecule has 0 bridgehead atoms. The highest BCUT2D eigenvalue weighted by atomic mass is 19.1. The monoisotopic (exact) mass is 241 g/mol. The molecule has 1 aromatic carbocycles. The fraction of sp³-hybridized carbons (Fsp3) is 0.273. The Hall–Kier alpha value is -1.98. The fourth-order valence-corrected chi connectivity index (χ4v) is 1.81. The Morgan fingerprint density at radius 3 is 2.53 bits per heavy atom. The molecule has 0 spiro atoms. The summed E-state index contributed by atoms with van der Waals surface area (Å²) in [5, 5.41) is 8.72. The molecule has 6 heteroatoms. The highest BCUT2D eigenvalue weighted by molar-refractivity contribution is 5.97. The Bertz CT molecular complexity index is 502. The minimum Gasteiger partial charge on any atom is -0.478 e. The summed E-state index contributed by atoms with van der Waals surface area (Å²) in [4.78, 5) is 23.3. The van der Waals surface area contributed by atoms with Crippen LogP contribution in [0.4, 0.5) is 14.5 Å². The van der Waals surface area contributed by atoms with Crippen LogP contribution < -0.4 is 4.90 Å². The Balaban J connectivity index is 2.50. The zero-order valence-electron chi connectivity index (χ0n) is 8.74. The first-order valence-corrected chi connectivity index (χ1v) is 5.03. The molecule has 1 amide bonds. The van der Waals surface area contributed by atoms with Gasteiger partial charge in [0.2, 0.25) is 5.91 Å². The summed E-state index contributed by atoms with van der Waals surface area (Å²) in [5.41, 5.74) is -0.813. The van der Waals surface area contributed by atoms with Crippen molar-refractivity contribution >= 4 is 17.6 Å². The van der Waals surface area contributed by atoms with Gasteiger partial charge in [0.1, 0.15) is 11.6 Å². The molecule has 1 saturated heterocycles. The lowest BCUT2D eigenvalue weighted by Gasteiger charge is -2.17. The molecule has 0 radical (unpaired) electrons. The van der Waals surface area contributed by atoms with E-state index in [1.807, 2.05) is 0 Å². The van der Waals surface area contributed by atoms with E-state index in [0.717, 1.165) is 11.0 Å². The van der Waals surface area contributed by atoms with Crippen molar-refractivity contribution in [3.63, 3.8) is 0 Å². The van der Waals surface area contributed by atoms with Crippen LogP contribution in [0.1, 0.15) is 23.2 Å². The molecule has 1 heterocycles. The lowest BCUT2D eigenvalue weighted by atomic mass is 10.1. The van der Waals surface area contributed by atoms with Gasteiger partial charge in [-0.05, 0) is 12.5 Å². The Labute approximate surface area is 95.5 Å². The Kier molecular flexibility index (Phi) is 2.79. The van der Waals surface area contributed by atoms with Gasteiger partial charge in [0.15, 0.2) is 0 Å². The van der Waals surface area contributed by atoms with Crippen molar-refractivity contribution in [2.75, 3.05) is 11.4 Å². The molecule has 2 rings (SSSR count). The third kappa shape index (κ3) is 1.98. The number of rotatable bonds is 2. The minimum absolute atomic E-state index is 0.175. The van der Waals surface area contributed by atoms with Gasteiger partial charge in [-0.1, -0.05) is 0 Å². The zero-order valence-corrected chi connectivity index (χ0v) is 8.74. The first-order chi connectivity index (χ1) is 8.00. The van der Waals surface area contributed by atoms with Crippen LogP contribution in [0, 0.1) is 11.6 Å². The fourth-order valence-electron chi connectivity index (χ4n) is 1.81. The number of carboxylic acid groups (broad SMARTS) is 1. The van der Waals surface area contributed by atoms with Crippen LogP contribution in [-0.2, 0) is 4.79 Å². The van der Waals surface area contributed by atoms with E-state index in [2.05, 4.69) is 0 Å². The number of carbonyl (C=O) groups excluding carboxylic acids is 1. The van der Waals surface area contributed by atoms with Gasteiger partial charge >= 0.3 is 5.97 Å². The van der Waals surface area contributed by atoms with Crippen molar-refractivity contribution in [2.45, 2.75) is 12.8 Å². The molecule has 0 saturated carbocycles. The number of hydrogen-bond donors (Lipinski definition) is 1. The molecule has 1 aliphatic rings. The van der Waals surface area contributed by atoms with Gasteiger partial charge in [-0.3, -0.25) is 4.79 Å². The van der Waals surface area contributed by atoms with Gasteiger partial charge in [0.05, 0.1) is 11.3 Å². The van der Waals surface area contributed by atoms with Gasteiger partial charge in [-0.15, -0.1) is 0 Å². The molecule has 1 aromatic rings. The molecule has 4 nitrogen and oxygen atoms in total. The molecule has 1 fully saturated rings. The van der Waals surface area contributed by atoms with Crippen molar-refractivity contribution < 1.29 is 23.5 Å². The third-order valence-corrected chi connectivity index (χ3v) is 2.63. The number of anilines is 1. The summed E-state index contributed by atoms with van der Waals surface area (Å²) >= 11 is 0. The number of hydrogen-bond acceptors (Lipinski definition) is 2. The van der Waals surface area contributed by atoms with Crippen molar-refractivity contribution in [1.29, 1.82) is 0 Å². The van der Waals surface area contributed by atoms with Crippen LogP contribution in [0.5, 0.6) is 0 Å². The van der Waals surface area contributed by atoms with E-state index in [0.29, 0.717) is 25.5 Å². The predicted molar refractivity (Wildman–Crippen MR) is 54.9 cm³/mol. The van der Waals surface area contributed by atoms with E-state index in [-0.39, 0.29) is 11.6 Å². The van der Waals surface area contributed by atoms with E-state index in [1.165, 1.54) is 0 Å². The summed E-state index contributed by atoms with van der Waals surface area (Å²) in [7, 11) is 0. The van der Waals surface area contributed by atoms with Crippen LogP contribution in [0.25, 0.3) is 0 Å². The molecule has 0 unspecified atom stereocenters. The first kappa shape index (κ1) is 11.5. The van der Waals surface area contributed by atoms with Crippen molar-refractivity contribution in [3.8, 4) is 0 Å². The van der Waals surface area contributed by atoms with Crippen molar-refractivity contribution in [1.82, 2.24) is 0 Å². The van der Waals surface area contributed by atoms with Crippen LogP contribution in [0.15, 0.2) is 12.1 Å². The average molecular weight is 241 g/mol. The lowest BCUT2D eigenvalue weighted by molar-refractivity contribution is -0.117. The van der Waals surface area contributed by atoms with Crippen LogP contribution >= 0.6 is 0 Å². The van der Waals surface area contributed by atoms with Gasteiger partial charge in [-0.25, -0.2) is 13.6 Å². The van der Waals surface area contributed by atoms with Gasteiger partial charge < -0.3 is 10.0 Å². The third-order valence-electron chi connectivity index (χ3n) is 2.63. The summed E-state index contributed by atoms with van der Waals surface area (Å²) in [6.45, 7) is 0.320. The normalized spacial score (nSPS) is 15.4. The number of halogens is 2. The second-order valence-corrected chi connectivity index (χ2v) is 3.74. The maximum absolute atomic E-state index is 13.5. The molecule has 0 aromatic heterocycles. The van der Waals surface area contributed by atoms with Crippen LogP contribution in [-0.4, -0.2) is 23.5 Å². The summed E-state index contributed by atoms with van der Waals surface area (Å²) in [5.74, 6) is -3.85. The molecule has 1 N–H and O–H groups in total. The van der Waals surface area contributed by atoms with E-state index in [1.54, 1.807) is 0 Å². The number of amides is 1. The number of nitrogens with zero attached hydrogens (tertiary/aromatic N) is 1. The molecule has 90 valence electrons. The molecule has 0 atom stereocenters. The quantitative estimate of drug-likeness (QED) is 0.858. The van der Waals surface area contributed by atoms with Gasteiger partial charge in [0, 0.05) is 19.0 Å². The maximum Gasteiger partial charge on any atom is 0.338 e. The van der Waals surface area contributed by atoms with Gasteiger partial charge in [-0.2, -0.15) is 0 Å². The maximum atomic E-state index is 13.5. The number of aromatic carboxylic acids is 1. The molecule has 1 aliphatic heterocycles. The first-order valence-electron chi connectivity index (χ1n) is 5.03. The van der Waals surface area contributed by atoms with Crippen molar-refractivity contribution in [2.24, 2.45) is 0 Å².